The molecule has 40 heavy (non-hydrogen) atoms. The van der Waals surface area contributed by atoms with Gasteiger partial charge in [-0.2, -0.15) is 13.2 Å². The molecule has 2 aliphatic heterocycles. The molecule has 0 amide bonds. The number of rotatable bonds is 1. The molecule has 3 N–H and O–H groups in total. The predicted octanol–water partition coefficient (Wildman–Crippen LogP) is 4.87. The molecular formula is C30H35F3N4O3. The van der Waals surface area contributed by atoms with Crippen LogP contribution in [0.2, 0.25) is 0 Å². The van der Waals surface area contributed by atoms with Gasteiger partial charge in [-0.05, 0) is 68.1 Å². The van der Waals surface area contributed by atoms with Crippen LogP contribution in [-0.4, -0.2) is 69.5 Å². The summed E-state index contributed by atoms with van der Waals surface area (Å²) in [5.41, 5.74) is 2.46. The van der Waals surface area contributed by atoms with Crippen molar-refractivity contribution in [2.45, 2.75) is 31.6 Å². The highest BCUT2D eigenvalue weighted by molar-refractivity contribution is 5.94. The Hall–Kier alpha value is -3.39. The van der Waals surface area contributed by atoms with E-state index in [0.29, 0.717) is 55.9 Å². The van der Waals surface area contributed by atoms with E-state index in [9.17, 15) is 13.2 Å². The Morgan fingerprint density at radius 3 is 2.65 bits per heavy atom. The number of hydrogen-bond donors (Lipinski definition) is 3. The van der Waals surface area contributed by atoms with Crippen molar-refractivity contribution in [1.82, 2.24) is 9.88 Å². The Kier molecular flexibility index (Phi) is 9.37. The summed E-state index contributed by atoms with van der Waals surface area (Å²) in [7, 11) is 0. The highest BCUT2D eigenvalue weighted by Gasteiger charge is 2.30. The molecule has 214 valence electrons. The minimum atomic E-state index is -4.38. The first-order chi connectivity index (χ1) is 19.5. The second-order valence-corrected chi connectivity index (χ2v) is 10.0. The van der Waals surface area contributed by atoms with Gasteiger partial charge < -0.3 is 34.7 Å². The van der Waals surface area contributed by atoms with Crippen molar-refractivity contribution in [3.05, 3.63) is 54.2 Å². The van der Waals surface area contributed by atoms with E-state index in [0.717, 1.165) is 42.7 Å². The summed E-state index contributed by atoms with van der Waals surface area (Å²) in [5, 5.41) is 11.0. The zero-order valence-electron chi connectivity index (χ0n) is 22.4. The molecule has 3 aromatic rings. The molecule has 7 nitrogen and oxygen atoms in total. The fourth-order valence-corrected chi connectivity index (χ4v) is 5.23. The molecule has 2 aliphatic rings. The van der Waals surface area contributed by atoms with Crippen LogP contribution in [0, 0.1) is 17.8 Å². The first-order valence-electron chi connectivity index (χ1n) is 13.7. The molecule has 0 saturated carbocycles. The van der Waals surface area contributed by atoms with E-state index in [2.05, 4.69) is 27.8 Å². The second kappa shape index (κ2) is 13.3. The number of nitrogens with one attached hydrogen (secondary N) is 3. The molecule has 3 heterocycles. The van der Waals surface area contributed by atoms with Gasteiger partial charge in [0.2, 0.25) is 0 Å². The average Bonchev–Trinajstić information content (AvgIpc) is 3.27. The first kappa shape index (κ1) is 28.1. The smallest absolute Gasteiger partial charge is 0.406 e. The van der Waals surface area contributed by atoms with Crippen LogP contribution in [-0.2, 0) is 16.0 Å². The standard InChI is InChI=1S/C30H35F3N4O3/c31-30(32,33)21-37-24-5-3-11-35-23-4-1-6-25(18-23)40-17-16-39-15-14-38-13-10-22-20-34-12-9-27(22)36-28-7-2-8-29(37)26(28)19-24/h1-2,4,6-8,18-19,22,27,34-36H,9-17,20-21H2/t22-,27-/m1/s1. The van der Waals surface area contributed by atoms with E-state index >= 15 is 0 Å². The second-order valence-electron chi connectivity index (χ2n) is 10.0. The molecule has 1 fully saturated rings. The van der Waals surface area contributed by atoms with Crippen LogP contribution in [0.5, 0.6) is 5.75 Å². The minimum absolute atomic E-state index is 0.171. The predicted molar refractivity (Wildman–Crippen MR) is 150 cm³/mol. The van der Waals surface area contributed by atoms with E-state index in [1.54, 1.807) is 18.2 Å². The highest BCUT2D eigenvalue weighted by atomic mass is 19.4. The summed E-state index contributed by atoms with van der Waals surface area (Å²) in [4.78, 5) is 0. The van der Waals surface area contributed by atoms with Gasteiger partial charge in [0.1, 0.15) is 18.9 Å². The summed E-state index contributed by atoms with van der Waals surface area (Å²) < 4.78 is 59.3. The summed E-state index contributed by atoms with van der Waals surface area (Å²) in [5.74, 6) is 6.98. The Morgan fingerprint density at radius 1 is 0.950 bits per heavy atom. The molecule has 0 unspecified atom stereocenters. The SMILES string of the molecule is FC(F)(F)Cn1c2cc3c(cccc31)N[C@@H]1CCNC[C@H]1CCOCCOCCOc1cccc(c1)NCC#C2. The third kappa shape index (κ3) is 7.62. The summed E-state index contributed by atoms with van der Waals surface area (Å²) >= 11 is 0. The number of alkyl halides is 3. The number of hydrogen-bond acceptors (Lipinski definition) is 6. The monoisotopic (exact) mass is 556 g/mol. The number of piperidine rings is 1. The van der Waals surface area contributed by atoms with E-state index in [1.807, 2.05) is 30.3 Å². The molecule has 0 spiro atoms. The zero-order valence-corrected chi connectivity index (χ0v) is 22.4. The lowest BCUT2D eigenvalue weighted by Crippen LogP contribution is -2.44. The summed E-state index contributed by atoms with van der Waals surface area (Å²) in [6, 6.07) is 14.9. The van der Waals surface area contributed by atoms with Crippen molar-refractivity contribution in [3.63, 3.8) is 0 Å². The molecule has 0 radical (unpaired) electrons. The fourth-order valence-electron chi connectivity index (χ4n) is 5.23. The van der Waals surface area contributed by atoms with E-state index in [-0.39, 0.29) is 12.6 Å². The van der Waals surface area contributed by atoms with Crippen molar-refractivity contribution in [3.8, 4) is 17.6 Å². The van der Waals surface area contributed by atoms with Crippen molar-refractivity contribution in [2.24, 2.45) is 5.92 Å². The largest absolute Gasteiger partial charge is 0.491 e. The topological polar surface area (TPSA) is 68.7 Å². The number of fused-ring (bicyclic) bond motifs is 4. The molecule has 1 aromatic heterocycles. The lowest BCUT2D eigenvalue weighted by Gasteiger charge is -2.33. The summed E-state index contributed by atoms with van der Waals surface area (Å²) in [6.07, 6.45) is -2.61. The molecule has 1 saturated heterocycles. The molecule has 2 aromatic carbocycles. The maximum absolute atomic E-state index is 13.6. The molecule has 10 heteroatoms. The zero-order chi connectivity index (χ0) is 27.8. The molecule has 5 rings (SSSR count). The third-order valence-electron chi connectivity index (χ3n) is 7.16. The lowest BCUT2D eigenvalue weighted by molar-refractivity contribution is -0.140. The Labute approximate surface area is 232 Å². The van der Waals surface area contributed by atoms with Gasteiger partial charge in [0.25, 0.3) is 0 Å². The van der Waals surface area contributed by atoms with Crippen LogP contribution in [0.1, 0.15) is 18.5 Å². The maximum Gasteiger partial charge on any atom is 0.406 e. The fraction of sp³-hybridized carbons (Fsp3) is 0.467. The van der Waals surface area contributed by atoms with Gasteiger partial charge >= 0.3 is 6.18 Å². The number of halogens is 3. The Balaban J connectivity index is 1.44. The summed E-state index contributed by atoms with van der Waals surface area (Å²) in [6.45, 7) is 3.36. The highest BCUT2D eigenvalue weighted by Crippen LogP contribution is 2.32. The normalized spacial score (nSPS) is 21.3. The van der Waals surface area contributed by atoms with Gasteiger partial charge in [-0.25, -0.2) is 0 Å². The number of ether oxygens (including phenoxy) is 3. The van der Waals surface area contributed by atoms with Crippen LogP contribution < -0.4 is 20.7 Å². The van der Waals surface area contributed by atoms with E-state index in [1.165, 1.54) is 4.57 Å². The average molecular weight is 557 g/mol. The van der Waals surface area contributed by atoms with Gasteiger partial charge in [0.15, 0.2) is 0 Å². The molecule has 2 atom stereocenters. The lowest BCUT2D eigenvalue weighted by atomic mass is 9.90. The van der Waals surface area contributed by atoms with Crippen LogP contribution in [0.3, 0.4) is 0 Å². The number of anilines is 2. The van der Waals surface area contributed by atoms with E-state index in [4.69, 9.17) is 14.2 Å². The van der Waals surface area contributed by atoms with Crippen molar-refractivity contribution in [1.29, 1.82) is 0 Å². The number of nitrogens with zero attached hydrogens (tertiary/aromatic N) is 1. The molecular weight excluding hydrogens is 521 g/mol. The van der Waals surface area contributed by atoms with Gasteiger partial charge in [-0.3, -0.25) is 0 Å². The van der Waals surface area contributed by atoms with E-state index < -0.39 is 12.7 Å². The minimum Gasteiger partial charge on any atom is -0.491 e. The van der Waals surface area contributed by atoms with Crippen LogP contribution in [0.15, 0.2) is 48.5 Å². The van der Waals surface area contributed by atoms with Gasteiger partial charge in [-0.15, -0.1) is 0 Å². The molecule has 0 aliphatic carbocycles. The van der Waals surface area contributed by atoms with Crippen LogP contribution >= 0.6 is 0 Å². The maximum atomic E-state index is 13.6. The quantitative estimate of drug-likeness (QED) is 0.372. The first-order valence-corrected chi connectivity index (χ1v) is 13.7. The Morgan fingerprint density at radius 2 is 1.77 bits per heavy atom. The van der Waals surface area contributed by atoms with Gasteiger partial charge in [0.05, 0.1) is 37.6 Å². The number of benzene rings is 2. The van der Waals surface area contributed by atoms with Crippen molar-refractivity contribution >= 4 is 22.3 Å². The van der Waals surface area contributed by atoms with Crippen LogP contribution in [0.25, 0.3) is 10.9 Å². The van der Waals surface area contributed by atoms with Crippen molar-refractivity contribution in [2.75, 3.05) is 63.3 Å². The van der Waals surface area contributed by atoms with Crippen LogP contribution in [0.4, 0.5) is 24.5 Å². The third-order valence-corrected chi connectivity index (χ3v) is 7.16. The molecule has 4 bridgehead atoms. The van der Waals surface area contributed by atoms with Gasteiger partial charge in [-0.1, -0.05) is 18.1 Å². The Bertz CT molecular complexity index is 1330. The van der Waals surface area contributed by atoms with Crippen molar-refractivity contribution < 1.29 is 27.4 Å². The number of aromatic nitrogens is 1. The van der Waals surface area contributed by atoms with Gasteiger partial charge in [0, 0.05) is 35.5 Å².